The van der Waals surface area contributed by atoms with Gasteiger partial charge in [0.25, 0.3) is 0 Å². The Morgan fingerprint density at radius 3 is 2.46 bits per heavy atom. The van der Waals surface area contributed by atoms with E-state index < -0.39 is 0 Å². The van der Waals surface area contributed by atoms with Crippen molar-refractivity contribution in [3.63, 3.8) is 0 Å². The molecule has 0 aromatic heterocycles. The molecule has 208 valence electrons. The number of halogens is 2. The number of nitrogens with two attached hydrogens (primary N) is 1. The smallest absolute Gasteiger partial charge is 0.313 e. The Bertz CT molecular complexity index is 1290. The molecule has 0 bridgehead atoms. The van der Waals surface area contributed by atoms with Crippen LogP contribution >= 0.6 is 24.8 Å². The number of piperidine rings is 1. The van der Waals surface area contributed by atoms with E-state index in [0.717, 1.165) is 16.5 Å². The molecular formula is C29H34Cl2N4O4. The fourth-order valence-corrected chi connectivity index (χ4v) is 4.64. The van der Waals surface area contributed by atoms with E-state index in [0.29, 0.717) is 43.5 Å². The Hall–Kier alpha value is -3.46. The van der Waals surface area contributed by atoms with Gasteiger partial charge in [-0.2, -0.15) is 0 Å². The van der Waals surface area contributed by atoms with Crippen molar-refractivity contribution < 1.29 is 19.1 Å². The average Bonchev–Trinajstić information content (AvgIpc) is 2.91. The molecule has 8 nitrogen and oxygen atoms in total. The van der Waals surface area contributed by atoms with Crippen molar-refractivity contribution in [3.8, 4) is 5.75 Å². The number of benzene rings is 3. The second-order valence-corrected chi connectivity index (χ2v) is 9.13. The van der Waals surface area contributed by atoms with Gasteiger partial charge >= 0.3 is 5.97 Å². The third-order valence-electron chi connectivity index (χ3n) is 6.56. The highest BCUT2D eigenvalue weighted by Crippen LogP contribution is 2.31. The molecule has 0 saturated carbocycles. The van der Waals surface area contributed by atoms with Gasteiger partial charge < -0.3 is 25.5 Å². The summed E-state index contributed by atoms with van der Waals surface area (Å²) in [6.07, 6.45) is 3.16. The fraction of sp³-hybridized carbons (Fsp3) is 0.310. The van der Waals surface area contributed by atoms with Gasteiger partial charge in [0.05, 0.1) is 25.2 Å². The normalized spacial score (nSPS) is 16.5. The minimum absolute atomic E-state index is 0. The van der Waals surface area contributed by atoms with Gasteiger partial charge in [0.15, 0.2) is 5.78 Å². The van der Waals surface area contributed by atoms with Crippen molar-refractivity contribution in [3.05, 3.63) is 72.3 Å². The number of nitrogen functional groups attached to an aromatic ring is 1. The lowest BCUT2D eigenvalue weighted by Crippen LogP contribution is -2.49. The summed E-state index contributed by atoms with van der Waals surface area (Å²) in [5, 5.41) is 17.0. The lowest BCUT2D eigenvalue weighted by molar-refractivity contribution is -0.136. The monoisotopic (exact) mass is 572 g/mol. The number of nitrogens with one attached hydrogen (secondary N) is 2. The van der Waals surface area contributed by atoms with Crippen LogP contribution in [0.5, 0.6) is 5.75 Å². The first-order valence-corrected chi connectivity index (χ1v) is 12.5. The number of para-hydroxylation sites is 1. The van der Waals surface area contributed by atoms with Crippen molar-refractivity contribution >= 4 is 65.1 Å². The molecule has 4 N–H and O–H groups in total. The van der Waals surface area contributed by atoms with Crippen LogP contribution in [0, 0.1) is 10.8 Å². The minimum atomic E-state index is -0.386. The maximum absolute atomic E-state index is 13.2. The van der Waals surface area contributed by atoms with Crippen LogP contribution in [0.3, 0.4) is 0 Å². The lowest BCUT2D eigenvalue weighted by atomic mass is 9.93. The van der Waals surface area contributed by atoms with Crippen LogP contribution in [0.4, 0.5) is 5.69 Å². The number of hydrogen-bond acceptors (Lipinski definition) is 7. The maximum Gasteiger partial charge on any atom is 0.313 e. The topological polar surface area (TPSA) is 130 Å². The highest BCUT2D eigenvalue weighted by molar-refractivity contribution is 6.00. The molecule has 0 amide bonds. The number of ketones is 1. The van der Waals surface area contributed by atoms with Gasteiger partial charge in [-0.05, 0) is 60.2 Å². The first-order valence-electron chi connectivity index (χ1n) is 12.5. The van der Waals surface area contributed by atoms with Crippen molar-refractivity contribution in [1.82, 2.24) is 0 Å². The number of amidine groups is 1. The predicted octanol–water partition coefficient (Wildman–Crippen LogP) is 5.32. The van der Waals surface area contributed by atoms with E-state index in [1.807, 2.05) is 42.5 Å². The highest BCUT2D eigenvalue weighted by Gasteiger charge is 2.33. The summed E-state index contributed by atoms with van der Waals surface area (Å²) in [7, 11) is 0. The molecule has 1 fully saturated rings. The Morgan fingerprint density at radius 2 is 1.74 bits per heavy atom. The van der Waals surface area contributed by atoms with Crippen molar-refractivity contribution in [1.29, 1.82) is 10.8 Å². The second-order valence-electron chi connectivity index (χ2n) is 9.13. The molecule has 3 aromatic carbocycles. The van der Waals surface area contributed by atoms with Crippen LogP contribution in [0.15, 0.2) is 66.7 Å². The van der Waals surface area contributed by atoms with Gasteiger partial charge in [-0.1, -0.05) is 36.4 Å². The predicted molar refractivity (Wildman–Crippen MR) is 159 cm³/mol. The fourth-order valence-electron chi connectivity index (χ4n) is 4.64. The number of Topliss-reactive ketones (excluding diaryl/α,β-unsaturated/α-hetero) is 1. The van der Waals surface area contributed by atoms with Crippen LogP contribution in [-0.2, 0) is 14.3 Å². The van der Waals surface area contributed by atoms with E-state index in [2.05, 4.69) is 4.90 Å². The van der Waals surface area contributed by atoms with E-state index in [-0.39, 0.29) is 67.6 Å². The molecule has 1 saturated heterocycles. The minimum Gasteiger partial charge on any atom is -0.426 e. The van der Waals surface area contributed by atoms with Crippen molar-refractivity contribution in [2.24, 2.45) is 5.73 Å². The standard InChI is InChI=1S/C29H32N4O4.2ClH/c30-14-4-7-27(34)26-19-25(36-16-13-28(35)37-24-5-2-1-3-6-24)12-15-33(26)23-11-10-20-8-9-21(29(31)32)17-22(20)18-23;;/h1-3,5-6,8-11,14,17-18,25-26,30H,4,7,12-13,15-16,19H2,(H3,31,32);2*1H. The van der Waals surface area contributed by atoms with Crippen LogP contribution in [0.25, 0.3) is 10.8 Å². The van der Waals surface area contributed by atoms with E-state index in [1.165, 1.54) is 6.21 Å². The Balaban J connectivity index is 0.00000267. The van der Waals surface area contributed by atoms with Crippen molar-refractivity contribution in [2.75, 3.05) is 18.1 Å². The third kappa shape index (κ3) is 8.51. The molecule has 1 aliphatic heterocycles. The number of carbonyl (C=O) groups is 2. The number of ether oxygens (including phenoxy) is 2. The first-order chi connectivity index (χ1) is 17.9. The second kappa shape index (κ2) is 15.2. The molecule has 2 atom stereocenters. The Kier molecular flexibility index (Phi) is 12.4. The molecular weight excluding hydrogens is 539 g/mol. The molecule has 0 spiro atoms. The number of fused-ring (bicyclic) bond motifs is 1. The zero-order valence-electron chi connectivity index (χ0n) is 21.5. The zero-order valence-corrected chi connectivity index (χ0v) is 23.1. The highest BCUT2D eigenvalue weighted by atomic mass is 35.5. The van der Waals surface area contributed by atoms with E-state index in [1.54, 1.807) is 24.3 Å². The molecule has 1 heterocycles. The number of carbonyl (C=O) groups excluding carboxylic acids is 2. The van der Waals surface area contributed by atoms with Crippen LogP contribution < -0.4 is 15.4 Å². The van der Waals surface area contributed by atoms with E-state index in [4.69, 9.17) is 26.0 Å². The van der Waals surface area contributed by atoms with Crippen molar-refractivity contribution in [2.45, 2.75) is 44.2 Å². The van der Waals surface area contributed by atoms with E-state index >= 15 is 0 Å². The Labute approximate surface area is 240 Å². The number of hydrogen-bond donors (Lipinski definition) is 3. The van der Waals surface area contributed by atoms with Gasteiger partial charge in [0.2, 0.25) is 0 Å². The van der Waals surface area contributed by atoms with Gasteiger partial charge in [-0.3, -0.25) is 15.0 Å². The average molecular weight is 574 g/mol. The summed E-state index contributed by atoms with van der Waals surface area (Å²) < 4.78 is 11.3. The molecule has 0 aliphatic carbocycles. The Morgan fingerprint density at radius 1 is 1.00 bits per heavy atom. The first kappa shape index (κ1) is 31.8. The lowest BCUT2D eigenvalue weighted by Gasteiger charge is -2.40. The number of rotatable bonds is 11. The van der Waals surface area contributed by atoms with Gasteiger partial charge in [-0.25, -0.2) is 0 Å². The zero-order chi connectivity index (χ0) is 26.2. The summed E-state index contributed by atoms with van der Waals surface area (Å²) in [6, 6.07) is 20.2. The van der Waals surface area contributed by atoms with Gasteiger partial charge in [-0.15, -0.1) is 24.8 Å². The SMILES string of the molecule is Cl.Cl.N=CCCC(=O)C1CC(OCCC(=O)Oc2ccccc2)CCN1c1ccc2ccc(C(=N)N)cc2c1. The summed E-state index contributed by atoms with van der Waals surface area (Å²) in [5.41, 5.74) is 7.25. The summed E-state index contributed by atoms with van der Waals surface area (Å²) in [4.78, 5) is 27.4. The number of esters is 1. The summed E-state index contributed by atoms with van der Waals surface area (Å²) >= 11 is 0. The quantitative estimate of drug-likeness (QED) is 0.123. The summed E-state index contributed by atoms with van der Waals surface area (Å²) in [6.45, 7) is 0.847. The van der Waals surface area contributed by atoms with Gasteiger partial charge in [0, 0.05) is 30.6 Å². The van der Waals surface area contributed by atoms with Gasteiger partial charge in [0.1, 0.15) is 11.6 Å². The molecule has 39 heavy (non-hydrogen) atoms. The molecule has 1 aliphatic rings. The molecule has 0 radical (unpaired) electrons. The maximum atomic E-state index is 13.2. The number of nitrogens with zero attached hydrogens (tertiary/aromatic N) is 1. The molecule has 10 heteroatoms. The molecule has 3 aromatic rings. The molecule has 4 rings (SSSR count). The third-order valence-corrected chi connectivity index (χ3v) is 6.56. The largest absolute Gasteiger partial charge is 0.426 e. The summed E-state index contributed by atoms with van der Waals surface area (Å²) in [5.74, 6) is 0.224. The molecule has 2 unspecified atom stereocenters. The van der Waals surface area contributed by atoms with Crippen LogP contribution in [0.2, 0.25) is 0 Å². The van der Waals surface area contributed by atoms with Crippen LogP contribution in [-0.4, -0.2) is 49.1 Å². The van der Waals surface area contributed by atoms with E-state index in [9.17, 15) is 9.59 Å². The number of anilines is 1. The van der Waals surface area contributed by atoms with Crippen LogP contribution in [0.1, 0.15) is 37.7 Å².